The average Bonchev–Trinajstić information content (AvgIpc) is 2.50. The highest BCUT2D eigenvalue weighted by molar-refractivity contribution is 9.10. The van der Waals surface area contributed by atoms with Gasteiger partial charge in [-0.2, -0.15) is 0 Å². The van der Waals surface area contributed by atoms with Crippen LogP contribution in [0.2, 0.25) is 0 Å². The first-order chi connectivity index (χ1) is 10.1. The van der Waals surface area contributed by atoms with Gasteiger partial charge >= 0.3 is 0 Å². The van der Waals surface area contributed by atoms with Crippen LogP contribution in [0, 0.1) is 0 Å². The molecule has 2 nitrogen and oxygen atoms in total. The zero-order chi connectivity index (χ0) is 15.2. The normalized spacial score (nSPS) is 12.4. The van der Waals surface area contributed by atoms with Crippen LogP contribution in [0.25, 0.3) is 0 Å². The monoisotopic (exact) mass is 347 g/mol. The Morgan fingerprint density at radius 3 is 2.33 bits per heavy atom. The van der Waals surface area contributed by atoms with Crippen molar-refractivity contribution in [2.75, 3.05) is 14.2 Å². The van der Waals surface area contributed by atoms with Gasteiger partial charge in [-0.25, -0.2) is 0 Å². The van der Waals surface area contributed by atoms with Crippen molar-refractivity contribution >= 4 is 15.9 Å². The molecule has 0 heterocycles. The molecule has 2 aromatic carbocycles. The Morgan fingerprint density at radius 1 is 1.05 bits per heavy atom. The van der Waals surface area contributed by atoms with Crippen molar-refractivity contribution in [2.24, 2.45) is 0 Å². The molecule has 0 saturated carbocycles. The van der Waals surface area contributed by atoms with E-state index in [0.717, 1.165) is 18.7 Å². The number of rotatable bonds is 6. The number of likely N-dealkylation sites (N-methyl/N-ethyl adjacent to an activating group) is 1. The van der Waals surface area contributed by atoms with Gasteiger partial charge in [-0.15, -0.1) is 0 Å². The molecule has 0 saturated heterocycles. The van der Waals surface area contributed by atoms with Crippen molar-refractivity contribution < 1.29 is 4.74 Å². The van der Waals surface area contributed by atoms with E-state index in [1.165, 1.54) is 15.6 Å². The summed E-state index contributed by atoms with van der Waals surface area (Å²) in [7, 11) is 3.90. The Morgan fingerprint density at radius 2 is 1.67 bits per heavy atom. The lowest BCUT2D eigenvalue weighted by molar-refractivity contribution is 0.246. The Hall–Kier alpha value is -1.32. The van der Waals surface area contributed by atoms with Gasteiger partial charge < -0.3 is 4.74 Å². The summed E-state index contributed by atoms with van der Waals surface area (Å²) < 4.78 is 6.61. The number of para-hydroxylation sites is 1. The molecule has 0 amide bonds. The third kappa shape index (κ3) is 4.32. The maximum atomic E-state index is 5.44. The van der Waals surface area contributed by atoms with E-state index >= 15 is 0 Å². The summed E-state index contributed by atoms with van der Waals surface area (Å²) in [6.07, 6.45) is 0.977. The maximum Gasteiger partial charge on any atom is 0.122 e. The molecule has 0 aliphatic rings. The lowest BCUT2D eigenvalue weighted by Crippen LogP contribution is -2.30. The number of methoxy groups -OCH3 is 1. The highest BCUT2D eigenvalue weighted by atomic mass is 79.9. The quantitative estimate of drug-likeness (QED) is 0.761. The van der Waals surface area contributed by atoms with Crippen LogP contribution in [-0.2, 0) is 13.0 Å². The largest absolute Gasteiger partial charge is 0.496 e. The van der Waals surface area contributed by atoms with E-state index in [-0.39, 0.29) is 0 Å². The third-order valence-corrected chi connectivity index (χ3v) is 4.61. The number of hydrogen-bond acceptors (Lipinski definition) is 2. The van der Waals surface area contributed by atoms with Crippen molar-refractivity contribution in [1.82, 2.24) is 4.90 Å². The van der Waals surface area contributed by atoms with E-state index in [1.54, 1.807) is 7.11 Å². The van der Waals surface area contributed by atoms with Gasteiger partial charge in [-0.1, -0.05) is 52.3 Å². The molecule has 0 aliphatic carbocycles. The second kappa shape index (κ2) is 7.62. The van der Waals surface area contributed by atoms with Crippen LogP contribution < -0.4 is 4.74 Å². The average molecular weight is 348 g/mol. The highest BCUT2D eigenvalue weighted by Crippen LogP contribution is 2.22. The summed E-state index contributed by atoms with van der Waals surface area (Å²) in [5.41, 5.74) is 2.57. The van der Waals surface area contributed by atoms with Gasteiger partial charge in [0.25, 0.3) is 0 Å². The standard InChI is InChI=1S/C18H22BrNO/c1-14(12-15-8-5-7-11-18(15)21-3)20(2)13-16-9-4-6-10-17(16)19/h4-11,14H,12-13H2,1-3H3. The van der Waals surface area contributed by atoms with Gasteiger partial charge in [0, 0.05) is 17.1 Å². The smallest absolute Gasteiger partial charge is 0.122 e. The van der Waals surface area contributed by atoms with E-state index in [1.807, 2.05) is 18.2 Å². The molecule has 0 fully saturated rings. The second-order valence-electron chi connectivity index (χ2n) is 5.37. The predicted molar refractivity (Wildman–Crippen MR) is 91.8 cm³/mol. The predicted octanol–water partition coefficient (Wildman–Crippen LogP) is 4.52. The molecule has 1 unspecified atom stereocenters. The molecule has 0 bridgehead atoms. The van der Waals surface area contributed by atoms with E-state index < -0.39 is 0 Å². The first-order valence-electron chi connectivity index (χ1n) is 7.17. The van der Waals surface area contributed by atoms with E-state index in [2.05, 4.69) is 65.1 Å². The van der Waals surface area contributed by atoms with Crippen molar-refractivity contribution in [1.29, 1.82) is 0 Å². The summed E-state index contributed by atoms with van der Waals surface area (Å²) in [5, 5.41) is 0. The van der Waals surface area contributed by atoms with Crippen LogP contribution in [0.4, 0.5) is 0 Å². The van der Waals surface area contributed by atoms with Gasteiger partial charge in [0.05, 0.1) is 7.11 Å². The Balaban J connectivity index is 2.03. The fraction of sp³-hybridized carbons (Fsp3) is 0.333. The molecular weight excluding hydrogens is 326 g/mol. The molecule has 2 aromatic rings. The van der Waals surface area contributed by atoms with Gasteiger partial charge in [-0.3, -0.25) is 4.90 Å². The topological polar surface area (TPSA) is 12.5 Å². The van der Waals surface area contributed by atoms with Crippen molar-refractivity contribution in [2.45, 2.75) is 25.9 Å². The summed E-state index contributed by atoms with van der Waals surface area (Å²) in [6, 6.07) is 17.1. The molecule has 0 aromatic heterocycles. The lowest BCUT2D eigenvalue weighted by atomic mass is 10.0. The lowest BCUT2D eigenvalue weighted by Gasteiger charge is -2.26. The molecule has 0 aliphatic heterocycles. The minimum absolute atomic E-state index is 0.438. The van der Waals surface area contributed by atoms with E-state index in [4.69, 9.17) is 4.74 Å². The van der Waals surface area contributed by atoms with Crippen LogP contribution in [0.5, 0.6) is 5.75 Å². The molecule has 2 rings (SSSR count). The fourth-order valence-electron chi connectivity index (χ4n) is 2.40. The first kappa shape index (κ1) is 16.1. The third-order valence-electron chi connectivity index (χ3n) is 3.84. The molecular formula is C18H22BrNO. The minimum Gasteiger partial charge on any atom is -0.496 e. The number of ether oxygens (including phenoxy) is 1. The Labute approximate surface area is 135 Å². The Kier molecular flexibility index (Phi) is 5.83. The zero-order valence-corrected chi connectivity index (χ0v) is 14.4. The van der Waals surface area contributed by atoms with Crippen molar-refractivity contribution in [3.05, 3.63) is 64.1 Å². The number of benzene rings is 2. The molecule has 3 heteroatoms. The van der Waals surface area contributed by atoms with Gasteiger partial charge in [-0.05, 0) is 43.7 Å². The number of halogens is 1. The molecule has 112 valence electrons. The van der Waals surface area contributed by atoms with Gasteiger partial charge in [0.1, 0.15) is 5.75 Å². The maximum absolute atomic E-state index is 5.44. The summed E-state index contributed by atoms with van der Waals surface area (Å²) in [5.74, 6) is 0.971. The van der Waals surface area contributed by atoms with Crippen LogP contribution in [0.3, 0.4) is 0 Å². The van der Waals surface area contributed by atoms with Crippen LogP contribution in [0.15, 0.2) is 53.0 Å². The minimum atomic E-state index is 0.438. The van der Waals surface area contributed by atoms with Gasteiger partial charge in [0.2, 0.25) is 0 Å². The highest BCUT2D eigenvalue weighted by Gasteiger charge is 2.13. The summed E-state index contributed by atoms with van der Waals surface area (Å²) in [6.45, 7) is 3.18. The number of nitrogens with zero attached hydrogens (tertiary/aromatic N) is 1. The first-order valence-corrected chi connectivity index (χ1v) is 7.96. The molecule has 1 atom stereocenters. The number of hydrogen-bond donors (Lipinski definition) is 0. The SMILES string of the molecule is COc1ccccc1CC(C)N(C)Cc1ccccc1Br. The van der Waals surface area contributed by atoms with E-state index in [9.17, 15) is 0 Å². The summed E-state index contributed by atoms with van der Waals surface area (Å²) in [4.78, 5) is 2.37. The molecule has 0 radical (unpaired) electrons. The molecule has 21 heavy (non-hydrogen) atoms. The van der Waals surface area contributed by atoms with E-state index in [0.29, 0.717) is 6.04 Å². The van der Waals surface area contributed by atoms with Crippen LogP contribution in [-0.4, -0.2) is 25.1 Å². The van der Waals surface area contributed by atoms with Crippen LogP contribution in [0.1, 0.15) is 18.1 Å². The molecule has 0 N–H and O–H groups in total. The van der Waals surface area contributed by atoms with Crippen LogP contribution >= 0.6 is 15.9 Å². The fourth-order valence-corrected chi connectivity index (χ4v) is 2.81. The zero-order valence-electron chi connectivity index (χ0n) is 12.8. The molecule has 0 spiro atoms. The van der Waals surface area contributed by atoms with Gasteiger partial charge in [0.15, 0.2) is 0 Å². The van der Waals surface area contributed by atoms with Crippen molar-refractivity contribution in [3.63, 3.8) is 0 Å². The Bertz CT molecular complexity index is 585. The second-order valence-corrected chi connectivity index (χ2v) is 6.23. The summed E-state index contributed by atoms with van der Waals surface area (Å²) >= 11 is 3.62. The van der Waals surface area contributed by atoms with Crippen molar-refractivity contribution in [3.8, 4) is 5.75 Å².